The lowest BCUT2D eigenvalue weighted by Gasteiger charge is -2.08. The second kappa shape index (κ2) is 6.29. The van der Waals surface area contributed by atoms with Crippen LogP contribution in [0.2, 0.25) is 0 Å². The number of aromatic nitrogens is 2. The van der Waals surface area contributed by atoms with Gasteiger partial charge in [0.1, 0.15) is 11.6 Å². The van der Waals surface area contributed by atoms with Crippen LogP contribution in [0.3, 0.4) is 0 Å². The maximum Gasteiger partial charge on any atom is 0.140 e. The first-order chi connectivity index (χ1) is 12.2. The third kappa shape index (κ3) is 2.81. The molecule has 3 nitrogen and oxygen atoms in total. The van der Waals surface area contributed by atoms with E-state index in [4.69, 9.17) is 4.98 Å². The first kappa shape index (κ1) is 15.2. The molecule has 0 saturated carbocycles. The molecule has 0 aliphatic rings. The van der Waals surface area contributed by atoms with Crippen LogP contribution in [0.15, 0.2) is 84.9 Å². The molecule has 122 valence electrons. The number of hydrogen-bond acceptors (Lipinski definition) is 2. The van der Waals surface area contributed by atoms with Gasteiger partial charge in [-0.3, -0.25) is 0 Å². The Morgan fingerprint density at radius 2 is 1.24 bits per heavy atom. The maximum absolute atomic E-state index is 9.56. The Kier molecular flexibility index (Phi) is 3.82. The van der Waals surface area contributed by atoms with Gasteiger partial charge in [-0.15, -0.1) is 0 Å². The van der Waals surface area contributed by atoms with E-state index in [1.54, 1.807) is 12.1 Å². The van der Waals surface area contributed by atoms with Crippen molar-refractivity contribution in [3.63, 3.8) is 0 Å². The Balaban J connectivity index is 1.97. The fraction of sp³-hybridized carbons (Fsp3) is 0.0455. The summed E-state index contributed by atoms with van der Waals surface area (Å²) in [6.07, 6.45) is 0. The van der Waals surface area contributed by atoms with Crippen LogP contribution in [0.25, 0.3) is 33.9 Å². The van der Waals surface area contributed by atoms with Gasteiger partial charge in [0.2, 0.25) is 0 Å². The Morgan fingerprint density at radius 1 is 0.680 bits per heavy atom. The quantitative estimate of drug-likeness (QED) is 0.567. The lowest BCUT2D eigenvalue weighted by atomic mass is 10.1. The minimum absolute atomic E-state index is 0.254. The SMILES string of the molecule is Cn1c(-c2ccc(O)cc2)nc(-c2ccccc2)c1-c1ccccc1. The minimum Gasteiger partial charge on any atom is -0.508 e. The molecule has 1 heterocycles. The van der Waals surface area contributed by atoms with Crippen molar-refractivity contribution < 1.29 is 5.11 Å². The second-order valence-electron chi connectivity index (χ2n) is 5.97. The minimum atomic E-state index is 0.254. The number of phenolic OH excluding ortho intramolecular Hbond substituents is 1. The monoisotopic (exact) mass is 326 g/mol. The highest BCUT2D eigenvalue weighted by atomic mass is 16.3. The van der Waals surface area contributed by atoms with Crippen LogP contribution in [0.1, 0.15) is 0 Å². The molecule has 0 amide bonds. The van der Waals surface area contributed by atoms with Crippen LogP contribution in [0.4, 0.5) is 0 Å². The zero-order chi connectivity index (χ0) is 17.2. The largest absolute Gasteiger partial charge is 0.508 e. The Labute approximate surface area is 146 Å². The first-order valence-corrected chi connectivity index (χ1v) is 8.21. The summed E-state index contributed by atoms with van der Waals surface area (Å²) in [5, 5.41) is 9.56. The van der Waals surface area contributed by atoms with Crippen LogP contribution in [0, 0.1) is 0 Å². The predicted molar refractivity (Wildman–Crippen MR) is 101 cm³/mol. The number of rotatable bonds is 3. The number of nitrogens with zero attached hydrogens (tertiary/aromatic N) is 2. The van der Waals surface area contributed by atoms with Crippen LogP contribution in [0.5, 0.6) is 5.75 Å². The van der Waals surface area contributed by atoms with Gasteiger partial charge in [-0.1, -0.05) is 60.7 Å². The Morgan fingerprint density at radius 3 is 1.84 bits per heavy atom. The highest BCUT2D eigenvalue weighted by molar-refractivity contribution is 5.82. The van der Waals surface area contributed by atoms with Crippen LogP contribution in [-0.4, -0.2) is 14.7 Å². The number of imidazole rings is 1. The van der Waals surface area contributed by atoms with E-state index in [-0.39, 0.29) is 5.75 Å². The summed E-state index contributed by atoms with van der Waals surface area (Å²) in [6.45, 7) is 0. The van der Waals surface area contributed by atoms with E-state index in [1.807, 2.05) is 55.6 Å². The van der Waals surface area contributed by atoms with Crippen molar-refractivity contribution >= 4 is 0 Å². The Bertz CT molecular complexity index is 988. The van der Waals surface area contributed by atoms with Crippen molar-refractivity contribution in [3.05, 3.63) is 84.9 Å². The van der Waals surface area contributed by atoms with E-state index in [2.05, 4.69) is 28.8 Å². The predicted octanol–water partition coefficient (Wildman–Crippen LogP) is 5.13. The molecule has 4 rings (SSSR count). The smallest absolute Gasteiger partial charge is 0.140 e. The zero-order valence-electron chi connectivity index (χ0n) is 13.9. The van der Waals surface area contributed by atoms with Crippen molar-refractivity contribution in [3.8, 4) is 39.7 Å². The third-order valence-electron chi connectivity index (χ3n) is 4.32. The highest BCUT2D eigenvalue weighted by Crippen LogP contribution is 2.35. The molecule has 3 heteroatoms. The third-order valence-corrected chi connectivity index (χ3v) is 4.32. The second-order valence-corrected chi connectivity index (χ2v) is 5.97. The summed E-state index contributed by atoms with van der Waals surface area (Å²) in [7, 11) is 2.03. The van der Waals surface area contributed by atoms with Gasteiger partial charge in [0.05, 0.1) is 11.4 Å². The van der Waals surface area contributed by atoms with Gasteiger partial charge < -0.3 is 9.67 Å². The van der Waals surface area contributed by atoms with Crippen LogP contribution >= 0.6 is 0 Å². The van der Waals surface area contributed by atoms with Gasteiger partial charge in [0.25, 0.3) is 0 Å². The van der Waals surface area contributed by atoms with Gasteiger partial charge in [-0.25, -0.2) is 4.98 Å². The lowest BCUT2D eigenvalue weighted by Crippen LogP contribution is -1.95. The van der Waals surface area contributed by atoms with E-state index in [1.165, 1.54) is 0 Å². The summed E-state index contributed by atoms with van der Waals surface area (Å²) in [4.78, 5) is 4.94. The van der Waals surface area contributed by atoms with Crippen LogP contribution in [-0.2, 0) is 7.05 Å². The molecule has 3 aromatic carbocycles. The number of aromatic hydroxyl groups is 1. The number of phenols is 1. The van der Waals surface area contributed by atoms with Crippen LogP contribution < -0.4 is 0 Å². The zero-order valence-corrected chi connectivity index (χ0v) is 13.9. The van der Waals surface area contributed by atoms with Crippen molar-refractivity contribution in [2.75, 3.05) is 0 Å². The molecule has 25 heavy (non-hydrogen) atoms. The van der Waals surface area contributed by atoms with Crippen molar-refractivity contribution in [1.29, 1.82) is 0 Å². The molecule has 0 spiro atoms. The van der Waals surface area contributed by atoms with Gasteiger partial charge in [0.15, 0.2) is 0 Å². The summed E-state index contributed by atoms with van der Waals surface area (Å²) >= 11 is 0. The van der Waals surface area contributed by atoms with E-state index in [9.17, 15) is 5.11 Å². The topological polar surface area (TPSA) is 38.0 Å². The summed E-state index contributed by atoms with van der Waals surface area (Å²) in [5.41, 5.74) is 5.22. The molecule has 0 saturated heterocycles. The average Bonchev–Trinajstić information content (AvgIpc) is 3.01. The summed E-state index contributed by atoms with van der Waals surface area (Å²) in [6, 6.07) is 27.7. The van der Waals surface area contributed by atoms with E-state index in [0.717, 1.165) is 33.9 Å². The van der Waals surface area contributed by atoms with Crippen molar-refractivity contribution in [2.24, 2.45) is 7.05 Å². The fourth-order valence-corrected chi connectivity index (χ4v) is 3.09. The molecular weight excluding hydrogens is 308 g/mol. The first-order valence-electron chi connectivity index (χ1n) is 8.21. The highest BCUT2D eigenvalue weighted by Gasteiger charge is 2.18. The molecule has 0 bridgehead atoms. The standard InChI is InChI=1S/C22H18N2O/c1-24-21(17-10-6-3-7-11-17)20(16-8-4-2-5-9-16)23-22(24)18-12-14-19(25)15-13-18/h2-15,25H,1H3. The van der Waals surface area contributed by atoms with Crippen molar-refractivity contribution in [2.45, 2.75) is 0 Å². The Hall–Kier alpha value is -3.33. The van der Waals surface area contributed by atoms with Gasteiger partial charge in [-0.05, 0) is 24.3 Å². The normalized spacial score (nSPS) is 10.8. The van der Waals surface area contributed by atoms with Gasteiger partial charge in [-0.2, -0.15) is 0 Å². The molecule has 0 aliphatic heterocycles. The molecule has 0 fully saturated rings. The molecular formula is C22H18N2O. The molecule has 0 unspecified atom stereocenters. The van der Waals surface area contributed by atoms with Gasteiger partial charge >= 0.3 is 0 Å². The molecule has 4 aromatic rings. The van der Waals surface area contributed by atoms with E-state index in [0.29, 0.717) is 0 Å². The fourth-order valence-electron chi connectivity index (χ4n) is 3.09. The number of hydrogen-bond donors (Lipinski definition) is 1. The molecule has 0 radical (unpaired) electrons. The number of benzene rings is 3. The summed E-state index contributed by atoms with van der Waals surface area (Å²) in [5.74, 6) is 1.13. The van der Waals surface area contributed by atoms with E-state index >= 15 is 0 Å². The molecule has 0 atom stereocenters. The summed E-state index contributed by atoms with van der Waals surface area (Å²) < 4.78 is 2.12. The average molecular weight is 326 g/mol. The van der Waals surface area contributed by atoms with E-state index < -0.39 is 0 Å². The molecule has 1 aromatic heterocycles. The maximum atomic E-state index is 9.56. The lowest BCUT2D eigenvalue weighted by molar-refractivity contribution is 0.475. The molecule has 1 N–H and O–H groups in total. The van der Waals surface area contributed by atoms with Crippen molar-refractivity contribution in [1.82, 2.24) is 9.55 Å². The molecule has 0 aliphatic carbocycles. The van der Waals surface area contributed by atoms with Gasteiger partial charge in [0, 0.05) is 23.7 Å².